The van der Waals surface area contributed by atoms with E-state index in [4.69, 9.17) is 0 Å². The average Bonchev–Trinajstić information content (AvgIpc) is 2.84. The van der Waals surface area contributed by atoms with Gasteiger partial charge in [0.25, 0.3) is 0 Å². The molecule has 2 aromatic rings. The van der Waals surface area contributed by atoms with E-state index in [1.165, 1.54) is 0 Å². The quantitative estimate of drug-likeness (QED) is 0.609. The zero-order valence-corrected chi connectivity index (χ0v) is 10.6. The van der Waals surface area contributed by atoms with Crippen molar-refractivity contribution in [2.45, 2.75) is 26.4 Å². The van der Waals surface area contributed by atoms with E-state index in [0.29, 0.717) is 30.4 Å². The lowest BCUT2D eigenvalue weighted by Crippen LogP contribution is -2.19. The van der Waals surface area contributed by atoms with Crippen LogP contribution < -0.4 is 10.6 Å². The number of aliphatic hydroxyl groups is 1. The maximum absolute atomic E-state index is 9.57. The van der Waals surface area contributed by atoms with Crippen LogP contribution in [0.4, 0.5) is 11.8 Å². The minimum atomic E-state index is -0.385. The Kier molecular flexibility index (Phi) is 3.93. The molecular formula is C11H18N6O. The molecule has 0 aliphatic rings. The number of aromatic nitrogens is 4. The molecule has 0 aliphatic carbocycles. The van der Waals surface area contributed by atoms with Gasteiger partial charge in [-0.05, 0) is 13.3 Å². The van der Waals surface area contributed by atoms with Crippen LogP contribution >= 0.6 is 0 Å². The van der Waals surface area contributed by atoms with Crippen LogP contribution in [0.25, 0.3) is 11.0 Å². The van der Waals surface area contributed by atoms with Crippen molar-refractivity contribution in [1.29, 1.82) is 0 Å². The maximum atomic E-state index is 9.57. The molecule has 2 rings (SSSR count). The molecule has 0 fully saturated rings. The van der Waals surface area contributed by atoms with Gasteiger partial charge in [-0.3, -0.25) is 5.10 Å². The molecule has 0 radical (unpaired) electrons. The van der Waals surface area contributed by atoms with Crippen LogP contribution in [0.2, 0.25) is 0 Å². The van der Waals surface area contributed by atoms with Gasteiger partial charge in [-0.25, -0.2) is 0 Å². The van der Waals surface area contributed by atoms with Crippen molar-refractivity contribution in [2.75, 3.05) is 23.7 Å². The molecular weight excluding hydrogens is 232 g/mol. The molecule has 1 atom stereocenters. The first-order valence-electron chi connectivity index (χ1n) is 6.11. The Balaban J connectivity index is 2.25. The highest BCUT2D eigenvalue weighted by atomic mass is 16.3. The van der Waals surface area contributed by atoms with Gasteiger partial charge in [0.15, 0.2) is 5.65 Å². The van der Waals surface area contributed by atoms with Crippen LogP contribution in [0.3, 0.4) is 0 Å². The number of hydrogen-bond acceptors (Lipinski definition) is 6. The number of nitrogens with one attached hydrogen (secondary N) is 3. The first kappa shape index (κ1) is 12.6. The SMILES string of the molecule is CCNc1nc(NCC(O)CC)c2cn[nH]c2n1. The number of anilines is 2. The van der Waals surface area contributed by atoms with Crippen LogP contribution in [0.15, 0.2) is 6.20 Å². The van der Waals surface area contributed by atoms with E-state index in [9.17, 15) is 5.11 Å². The van der Waals surface area contributed by atoms with Crippen LogP contribution in [-0.4, -0.2) is 44.5 Å². The van der Waals surface area contributed by atoms with Gasteiger partial charge in [-0.15, -0.1) is 0 Å². The summed E-state index contributed by atoms with van der Waals surface area (Å²) in [6, 6.07) is 0. The first-order valence-corrected chi connectivity index (χ1v) is 6.11. The van der Waals surface area contributed by atoms with Crippen molar-refractivity contribution in [3.63, 3.8) is 0 Å². The summed E-state index contributed by atoms with van der Waals surface area (Å²) in [5.41, 5.74) is 0.675. The normalized spacial score (nSPS) is 12.6. The standard InChI is InChI=1S/C11H18N6O/c1-3-7(18)5-13-9-8-6-14-17-10(8)16-11(15-9)12-4-2/h6-7,18H,3-5H2,1-2H3,(H3,12,13,14,15,16,17). The van der Waals surface area contributed by atoms with E-state index in [1.807, 2.05) is 13.8 Å². The Labute approximate surface area is 105 Å². The fourth-order valence-electron chi connectivity index (χ4n) is 1.57. The molecule has 2 heterocycles. The molecule has 0 spiro atoms. The summed E-state index contributed by atoms with van der Waals surface area (Å²) in [6.45, 7) is 5.12. The number of aliphatic hydroxyl groups excluding tert-OH is 1. The molecule has 2 aromatic heterocycles. The molecule has 7 nitrogen and oxygen atoms in total. The molecule has 0 amide bonds. The molecule has 1 unspecified atom stereocenters. The summed E-state index contributed by atoms with van der Waals surface area (Å²) >= 11 is 0. The fourth-order valence-corrected chi connectivity index (χ4v) is 1.57. The predicted molar refractivity (Wildman–Crippen MR) is 70.6 cm³/mol. The van der Waals surface area contributed by atoms with Gasteiger partial charge in [0, 0.05) is 13.1 Å². The molecule has 0 aromatic carbocycles. The number of hydrogen-bond donors (Lipinski definition) is 4. The summed E-state index contributed by atoms with van der Waals surface area (Å²) in [5.74, 6) is 1.22. The number of aromatic amines is 1. The van der Waals surface area contributed by atoms with E-state index in [-0.39, 0.29) is 6.10 Å². The largest absolute Gasteiger partial charge is 0.391 e. The van der Waals surface area contributed by atoms with E-state index in [1.54, 1.807) is 6.20 Å². The second kappa shape index (κ2) is 5.63. The first-order chi connectivity index (χ1) is 8.74. The molecule has 0 aliphatic heterocycles. The lowest BCUT2D eigenvalue weighted by atomic mass is 10.3. The smallest absolute Gasteiger partial charge is 0.226 e. The number of nitrogens with zero attached hydrogens (tertiary/aromatic N) is 3. The molecule has 0 saturated carbocycles. The van der Waals surface area contributed by atoms with Gasteiger partial charge >= 0.3 is 0 Å². The van der Waals surface area contributed by atoms with Gasteiger partial charge in [-0.1, -0.05) is 6.92 Å². The molecule has 7 heteroatoms. The van der Waals surface area contributed by atoms with Crippen molar-refractivity contribution in [3.05, 3.63) is 6.20 Å². The molecule has 0 bridgehead atoms. The summed E-state index contributed by atoms with van der Waals surface area (Å²) < 4.78 is 0. The van der Waals surface area contributed by atoms with Crippen molar-refractivity contribution >= 4 is 22.8 Å². The van der Waals surface area contributed by atoms with Crippen molar-refractivity contribution in [2.24, 2.45) is 0 Å². The fraction of sp³-hybridized carbons (Fsp3) is 0.545. The highest BCUT2D eigenvalue weighted by Crippen LogP contribution is 2.19. The topological polar surface area (TPSA) is 98.8 Å². The lowest BCUT2D eigenvalue weighted by Gasteiger charge is -2.11. The summed E-state index contributed by atoms with van der Waals surface area (Å²) in [5, 5.41) is 23.3. The summed E-state index contributed by atoms with van der Waals surface area (Å²) in [6.07, 6.45) is 1.99. The van der Waals surface area contributed by atoms with E-state index in [2.05, 4.69) is 30.8 Å². The molecule has 98 valence electrons. The van der Waals surface area contributed by atoms with Crippen molar-refractivity contribution in [3.8, 4) is 0 Å². The molecule has 0 saturated heterocycles. The minimum absolute atomic E-state index is 0.385. The van der Waals surface area contributed by atoms with Crippen LogP contribution in [-0.2, 0) is 0 Å². The predicted octanol–water partition coefficient (Wildman–Crippen LogP) is 0.967. The number of rotatable bonds is 6. The van der Waals surface area contributed by atoms with Gasteiger partial charge in [0.2, 0.25) is 5.95 Å². The van der Waals surface area contributed by atoms with E-state index >= 15 is 0 Å². The monoisotopic (exact) mass is 250 g/mol. The van der Waals surface area contributed by atoms with Gasteiger partial charge in [0.05, 0.1) is 17.7 Å². The average molecular weight is 250 g/mol. The van der Waals surface area contributed by atoms with Gasteiger partial charge in [0.1, 0.15) is 5.82 Å². The van der Waals surface area contributed by atoms with Gasteiger partial charge < -0.3 is 15.7 Å². The molecule has 4 N–H and O–H groups in total. The molecule has 18 heavy (non-hydrogen) atoms. The second-order valence-electron chi connectivity index (χ2n) is 4.00. The zero-order valence-electron chi connectivity index (χ0n) is 10.6. The number of fused-ring (bicyclic) bond motifs is 1. The Morgan fingerprint density at radius 1 is 1.33 bits per heavy atom. The second-order valence-corrected chi connectivity index (χ2v) is 4.00. The highest BCUT2D eigenvalue weighted by molar-refractivity contribution is 5.86. The third-order valence-electron chi connectivity index (χ3n) is 2.62. The third-order valence-corrected chi connectivity index (χ3v) is 2.62. The zero-order chi connectivity index (χ0) is 13.0. The summed E-state index contributed by atoms with van der Waals surface area (Å²) in [4.78, 5) is 8.65. The Hall–Kier alpha value is -1.89. The Morgan fingerprint density at radius 2 is 2.17 bits per heavy atom. The Bertz CT molecular complexity index is 511. The van der Waals surface area contributed by atoms with Crippen molar-refractivity contribution in [1.82, 2.24) is 20.2 Å². The third kappa shape index (κ3) is 2.67. The summed E-state index contributed by atoms with van der Waals surface area (Å²) in [7, 11) is 0. The Morgan fingerprint density at radius 3 is 2.89 bits per heavy atom. The minimum Gasteiger partial charge on any atom is -0.391 e. The van der Waals surface area contributed by atoms with Crippen LogP contribution in [0.5, 0.6) is 0 Å². The van der Waals surface area contributed by atoms with Crippen molar-refractivity contribution < 1.29 is 5.11 Å². The van der Waals surface area contributed by atoms with Crippen LogP contribution in [0, 0.1) is 0 Å². The van der Waals surface area contributed by atoms with Crippen LogP contribution in [0.1, 0.15) is 20.3 Å². The lowest BCUT2D eigenvalue weighted by molar-refractivity contribution is 0.183. The van der Waals surface area contributed by atoms with E-state index < -0.39 is 0 Å². The number of H-pyrrole nitrogens is 1. The maximum Gasteiger partial charge on any atom is 0.226 e. The highest BCUT2D eigenvalue weighted by Gasteiger charge is 2.10. The van der Waals surface area contributed by atoms with Gasteiger partial charge in [-0.2, -0.15) is 15.1 Å². The van der Waals surface area contributed by atoms with E-state index in [0.717, 1.165) is 11.9 Å².